The SMILES string of the molecule is O=C(C=Cc1ccc(Cl)cc1Cl)NCCc1ccccc1. The first-order chi connectivity index (χ1) is 10.1. The Bertz CT molecular complexity index is 638. The fourth-order valence-electron chi connectivity index (χ4n) is 1.84. The Kier molecular flexibility index (Phi) is 5.85. The third-order valence-corrected chi connectivity index (χ3v) is 3.49. The summed E-state index contributed by atoms with van der Waals surface area (Å²) in [5.74, 6) is -0.142. The fraction of sp³-hybridized carbons (Fsp3) is 0.118. The van der Waals surface area contributed by atoms with E-state index in [4.69, 9.17) is 23.2 Å². The van der Waals surface area contributed by atoms with Gasteiger partial charge < -0.3 is 5.32 Å². The topological polar surface area (TPSA) is 29.1 Å². The first kappa shape index (κ1) is 15.6. The number of amides is 1. The monoisotopic (exact) mass is 319 g/mol. The van der Waals surface area contributed by atoms with Gasteiger partial charge in [0.1, 0.15) is 0 Å². The molecule has 0 atom stereocenters. The molecule has 0 unspecified atom stereocenters. The van der Waals surface area contributed by atoms with Gasteiger partial charge >= 0.3 is 0 Å². The Morgan fingerprint density at radius 2 is 1.86 bits per heavy atom. The molecular weight excluding hydrogens is 305 g/mol. The van der Waals surface area contributed by atoms with Crippen LogP contribution in [-0.4, -0.2) is 12.5 Å². The predicted molar refractivity (Wildman–Crippen MR) is 88.7 cm³/mol. The minimum atomic E-state index is -0.142. The largest absolute Gasteiger partial charge is 0.352 e. The van der Waals surface area contributed by atoms with Gasteiger partial charge in [0.2, 0.25) is 5.91 Å². The third kappa shape index (κ3) is 5.25. The number of carbonyl (C=O) groups excluding carboxylic acids is 1. The lowest BCUT2D eigenvalue weighted by atomic mass is 10.1. The lowest BCUT2D eigenvalue weighted by Gasteiger charge is -2.03. The smallest absolute Gasteiger partial charge is 0.244 e. The van der Waals surface area contributed by atoms with Gasteiger partial charge in [-0.2, -0.15) is 0 Å². The molecule has 2 rings (SSSR count). The molecule has 1 amide bonds. The quantitative estimate of drug-likeness (QED) is 0.815. The Morgan fingerprint density at radius 1 is 1.10 bits per heavy atom. The van der Waals surface area contributed by atoms with Crippen LogP contribution in [-0.2, 0) is 11.2 Å². The maximum Gasteiger partial charge on any atom is 0.244 e. The van der Waals surface area contributed by atoms with Crippen molar-refractivity contribution in [3.05, 3.63) is 75.8 Å². The second-order valence-corrected chi connectivity index (χ2v) is 5.37. The van der Waals surface area contributed by atoms with Crippen molar-refractivity contribution in [2.45, 2.75) is 6.42 Å². The van der Waals surface area contributed by atoms with Crippen molar-refractivity contribution >= 4 is 35.2 Å². The Morgan fingerprint density at radius 3 is 2.57 bits per heavy atom. The third-order valence-electron chi connectivity index (χ3n) is 2.93. The maximum absolute atomic E-state index is 11.7. The van der Waals surface area contributed by atoms with Crippen molar-refractivity contribution in [2.24, 2.45) is 0 Å². The van der Waals surface area contributed by atoms with E-state index >= 15 is 0 Å². The highest BCUT2D eigenvalue weighted by atomic mass is 35.5. The molecule has 2 aromatic carbocycles. The maximum atomic E-state index is 11.7. The van der Waals surface area contributed by atoms with E-state index in [-0.39, 0.29) is 5.91 Å². The summed E-state index contributed by atoms with van der Waals surface area (Å²) in [7, 11) is 0. The minimum absolute atomic E-state index is 0.142. The summed E-state index contributed by atoms with van der Waals surface area (Å²) in [5, 5.41) is 3.93. The molecule has 0 saturated heterocycles. The van der Waals surface area contributed by atoms with Crippen LogP contribution in [0.3, 0.4) is 0 Å². The highest BCUT2D eigenvalue weighted by molar-refractivity contribution is 6.35. The van der Waals surface area contributed by atoms with Crippen LogP contribution in [0.15, 0.2) is 54.6 Å². The van der Waals surface area contributed by atoms with E-state index in [1.807, 2.05) is 30.3 Å². The van der Waals surface area contributed by atoms with E-state index in [0.717, 1.165) is 12.0 Å². The van der Waals surface area contributed by atoms with Gasteiger partial charge in [-0.1, -0.05) is 59.6 Å². The van der Waals surface area contributed by atoms with Gasteiger partial charge in [-0.25, -0.2) is 0 Å². The van der Waals surface area contributed by atoms with E-state index in [0.29, 0.717) is 16.6 Å². The number of benzene rings is 2. The molecule has 108 valence electrons. The normalized spacial score (nSPS) is 10.8. The van der Waals surface area contributed by atoms with Gasteiger partial charge in [0, 0.05) is 22.7 Å². The Labute approximate surface area is 134 Å². The predicted octanol–water partition coefficient (Wildman–Crippen LogP) is 4.37. The van der Waals surface area contributed by atoms with Gasteiger partial charge in [0.25, 0.3) is 0 Å². The molecule has 0 aromatic heterocycles. The number of carbonyl (C=O) groups is 1. The zero-order chi connectivity index (χ0) is 15.1. The standard InChI is InChI=1S/C17H15Cl2NO/c18-15-8-6-14(16(19)12-15)7-9-17(21)20-11-10-13-4-2-1-3-5-13/h1-9,12H,10-11H2,(H,20,21). The van der Waals surface area contributed by atoms with Crippen LogP contribution in [0.2, 0.25) is 10.0 Å². The highest BCUT2D eigenvalue weighted by Crippen LogP contribution is 2.21. The van der Waals surface area contributed by atoms with Crippen molar-refractivity contribution in [3.63, 3.8) is 0 Å². The van der Waals surface area contributed by atoms with Crippen LogP contribution < -0.4 is 5.32 Å². The van der Waals surface area contributed by atoms with Crippen LogP contribution in [0.4, 0.5) is 0 Å². The number of nitrogens with one attached hydrogen (secondary N) is 1. The summed E-state index contributed by atoms with van der Waals surface area (Å²) in [6, 6.07) is 15.2. The van der Waals surface area contributed by atoms with Crippen molar-refractivity contribution in [3.8, 4) is 0 Å². The van der Waals surface area contributed by atoms with Crippen molar-refractivity contribution in [1.29, 1.82) is 0 Å². The van der Waals surface area contributed by atoms with Gasteiger partial charge in [-0.3, -0.25) is 4.79 Å². The molecule has 2 aromatic rings. The number of rotatable bonds is 5. The van der Waals surface area contributed by atoms with Crippen molar-refractivity contribution in [2.75, 3.05) is 6.54 Å². The molecule has 0 heterocycles. The zero-order valence-corrected chi connectivity index (χ0v) is 12.9. The van der Waals surface area contributed by atoms with E-state index in [9.17, 15) is 4.79 Å². The number of halogens is 2. The Hall–Kier alpha value is -1.77. The molecule has 2 nitrogen and oxygen atoms in total. The minimum Gasteiger partial charge on any atom is -0.352 e. The molecule has 0 saturated carbocycles. The lowest BCUT2D eigenvalue weighted by Crippen LogP contribution is -2.23. The second kappa shape index (κ2) is 7.87. The number of hydrogen-bond donors (Lipinski definition) is 1. The summed E-state index contributed by atoms with van der Waals surface area (Å²) < 4.78 is 0. The molecular formula is C17H15Cl2NO. The molecule has 0 aliphatic rings. The summed E-state index contributed by atoms with van der Waals surface area (Å²) in [4.78, 5) is 11.7. The van der Waals surface area contributed by atoms with Gasteiger partial charge in [-0.15, -0.1) is 0 Å². The molecule has 0 bridgehead atoms. The summed E-state index contributed by atoms with van der Waals surface area (Å²) in [5.41, 5.74) is 1.96. The molecule has 4 heteroatoms. The summed E-state index contributed by atoms with van der Waals surface area (Å²) in [6.07, 6.45) is 3.96. The molecule has 1 N–H and O–H groups in total. The van der Waals surface area contributed by atoms with E-state index in [1.165, 1.54) is 11.6 Å². The zero-order valence-electron chi connectivity index (χ0n) is 11.4. The number of hydrogen-bond acceptors (Lipinski definition) is 1. The average molecular weight is 320 g/mol. The molecule has 0 fully saturated rings. The second-order valence-electron chi connectivity index (χ2n) is 4.53. The molecule has 0 spiro atoms. The molecule has 0 aliphatic heterocycles. The lowest BCUT2D eigenvalue weighted by molar-refractivity contribution is -0.116. The summed E-state index contributed by atoms with van der Waals surface area (Å²) in [6.45, 7) is 0.599. The van der Waals surface area contributed by atoms with Crippen LogP contribution in [0.5, 0.6) is 0 Å². The molecule has 21 heavy (non-hydrogen) atoms. The Balaban J connectivity index is 1.82. The summed E-state index contributed by atoms with van der Waals surface area (Å²) >= 11 is 11.8. The van der Waals surface area contributed by atoms with Gasteiger partial charge in [0.15, 0.2) is 0 Å². The van der Waals surface area contributed by atoms with Crippen LogP contribution in [0, 0.1) is 0 Å². The van der Waals surface area contributed by atoms with E-state index in [2.05, 4.69) is 5.32 Å². The van der Waals surface area contributed by atoms with Crippen LogP contribution in [0.1, 0.15) is 11.1 Å². The molecule has 0 aliphatic carbocycles. The highest BCUT2D eigenvalue weighted by Gasteiger charge is 1.99. The first-order valence-corrected chi connectivity index (χ1v) is 7.35. The first-order valence-electron chi connectivity index (χ1n) is 6.60. The average Bonchev–Trinajstić information content (AvgIpc) is 2.47. The van der Waals surface area contributed by atoms with E-state index in [1.54, 1.807) is 24.3 Å². The fourth-order valence-corrected chi connectivity index (χ4v) is 2.31. The van der Waals surface area contributed by atoms with Gasteiger partial charge in [0.05, 0.1) is 0 Å². The molecule has 0 radical (unpaired) electrons. The van der Waals surface area contributed by atoms with Crippen LogP contribution >= 0.6 is 23.2 Å². The van der Waals surface area contributed by atoms with E-state index < -0.39 is 0 Å². The van der Waals surface area contributed by atoms with Gasteiger partial charge in [-0.05, 0) is 35.8 Å². The van der Waals surface area contributed by atoms with Crippen molar-refractivity contribution < 1.29 is 4.79 Å². The van der Waals surface area contributed by atoms with Crippen molar-refractivity contribution in [1.82, 2.24) is 5.32 Å². The van der Waals surface area contributed by atoms with Crippen LogP contribution in [0.25, 0.3) is 6.08 Å².